The maximum atomic E-state index is 11.9. The molecule has 1 N–H and O–H groups in total. The molecular weight excluding hydrogens is 238 g/mol. The Morgan fingerprint density at radius 1 is 1.53 bits per heavy atom. The van der Waals surface area contributed by atoms with E-state index in [9.17, 15) is 9.59 Å². The third-order valence-corrected chi connectivity index (χ3v) is 3.96. The fourth-order valence-electron chi connectivity index (χ4n) is 2.15. The smallest absolute Gasteiger partial charge is 0.326 e. The molecule has 1 aromatic heterocycles. The molecule has 0 radical (unpaired) electrons. The number of carboxylic acids is 1. The van der Waals surface area contributed by atoms with Crippen molar-refractivity contribution in [1.82, 2.24) is 4.90 Å². The van der Waals surface area contributed by atoms with E-state index in [2.05, 4.69) is 0 Å². The summed E-state index contributed by atoms with van der Waals surface area (Å²) in [6.07, 6.45) is 2.49. The molecule has 0 aromatic carbocycles. The number of likely N-dealkylation sites (tertiary alicyclic amines) is 1. The molecule has 1 amide bonds. The second kappa shape index (κ2) is 5.31. The first-order chi connectivity index (χ1) is 8.18. The lowest BCUT2D eigenvalue weighted by atomic mass is 10.2. The molecule has 17 heavy (non-hydrogen) atoms. The van der Waals surface area contributed by atoms with E-state index in [-0.39, 0.29) is 5.91 Å². The number of amides is 1. The van der Waals surface area contributed by atoms with Crippen molar-refractivity contribution in [2.45, 2.75) is 31.7 Å². The highest BCUT2D eigenvalue weighted by Gasteiger charge is 2.33. The molecule has 5 heteroatoms. The highest BCUT2D eigenvalue weighted by molar-refractivity contribution is 7.09. The number of hydrogen-bond acceptors (Lipinski definition) is 3. The number of carboxylic acid groups (broad SMARTS) is 1. The number of nitrogens with zero attached hydrogens (tertiary/aromatic N) is 1. The van der Waals surface area contributed by atoms with Crippen LogP contribution in [0, 0.1) is 0 Å². The van der Waals surface area contributed by atoms with Crippen molar-refractivity contribution in [2.75, 3.05) is 6.54 Å². The van der Waals surface area contributed by atoms with Crippen molar-refractivity contribution in [3.05, 3.63) is 22.4 Å². The molecule has 0 spiro atoms. The predicted octanol–water partition coefficient (Wildman–Crippen LogP) is 1.76. The first kappa shape index (κ1) is 12.1. The van der Waals surface area contributed by atoms with Crippen molar-refractivity contribution < 1.29 is 14.7 Å². The van der Waals surface area contributed by atoms with E-state index in [1.54, 1.807) is 11.3 Å². The van der Waals surface area contributed by atoms with Gasteiger partial charge in [0.15, 0.2) is 0 Å². The summed E-state index contributed by atoms with van der Waals surface area (Å²) >= 11 is 1.63. The lowest BCUT2D eigenvalue weighted by molar-refractivity contribution is -0.148. The number of hydrogen-bond donors (Lipinski definition) is 1. The van der Waals surface area contributed by atoms with Crippen LogP contribution in [0.1, 0.15) is 24.1 Å². The van der Waals surface area contributed by atoms with Gasteiger partial charge in [0.05, 0.1) is 0 Å². The molecule has 1 unspecified atom stereocenters. The third kappa shape index (κ3) is 2.85. The minimum Gasteiger partial charge on any atom is -0.480 e. The Morgan fingerprint density at radius 3 is 3.00 bits per heavy atom. The van der Waals surface area contributed by atoms with Crippen LogP contribution < -0.4 is 0 Å². The first-order valence-corrected chi connectivity index (χ1v) is 6.61. The SMILES string of the molecule is O=C(O)C1CCCN1C(=O)CCc1cccs1. The Balaban J connectivity index is 1.89. The van der Waals surface area contributed by atoms with Gasteiger partial charge in [0.25, 0.3) is 0 Å². The van der Waals surface area contributed by atoms with Gasteiger partial charge < -0.3 is 10.0 Å². The zero-order chi connectivity index (χ0) is 12.3. The van der Waals surface area contributed by atoms with Gasteiger partial charge in [-0.05, 0) is 30.7 Å². The van der Waals surface area contributed by atoms with Crippen LogP contribution in [0.15, 0.2) is 17.5 Å². The van der Waals surface area contributed by atoms with E-state index in [1.165, 1.54) is 9.78 Å². The van der Waals surface area contributed by atoms with Gasteiger partial charge in [-0.3, -0.25) is 4.79 Å². The number of rotatable bonds is 4. The Morgan fingerprint density at radius 2 is 2.35 bits per heavy atom. The number of thiophene rings is 1. The lowest BCUT2D eigenvalue weighted by Crippen LogP contribution is -2.40. The molecule has 1 saturated heterocycles. The molecule has 0 aliphatic carbocycles. The Labute approximate surface area is 104 Å². The standard InChI is InChI=1S/C12H15NO3S/c14-11(6-5-9-3-2-8-17-9)13-7-1-4-10(13)12(15)16/h2-3,8,10H,1,4-7H2,(H,15,16). The number of carbonyl (C=O) groups excluding carboxylic acids is 1. The van der Waals surface area contributed by atoms with Crippen molar-refractivity contribution in [1.29, 1.82) is 0 Å². The van der Waals surface area contributed by atoms with Crippen LogP contribution in [0.4, 0.5) is 0 Å². The molecule has 1 atom stereocenters. The summed E-state index contributed by atoms with van der Waals surface area (Å²) in [5, 5.41) is 11.0. The quantitative estimate of drug-likeness (QED) is 0.889. The molecule has 1 aliphatic heterocycles. The molecule has 1 aliphatic rings. The molecule has 0 saturated carbocycles. The van der Waals surface area contributed by atoms with Crippen LogP contribution in [0.3, 0.4) is 0 Å². The highest BCUT2D eigenvalue weighted by Crippen LogP contribution is 2.19. The maximum absolute atomic E-state index is 11.9. The number of aryl methyl sites for hydroxylation is 1. The summed E-state index contributed by atoms with van der Waals surface area (Å²) in [6.45, 7) is 0.584. The number of aliphatic carboxylic acids is 1. The predicted molar refractivity (Wildman–Crippen MR) is 65.0 cm³/mol. The van der Waals surface area contributed by atoms with Gasteiger partial charge in [-0.1, -0.05) is 6.07 Å². The largest absolute Gasteiger partial charge is 0.480 e. The van der Waals surface area contributed by atoms with Crippen LogP contribution >= 0.6 is 11.3 Å². The van der Waals surface area contributed by atoms with Crippen LogP contribution in [-0.2, 0) is 16.0 Å². The normalized spacial score (nSPS) is 19.5. The minimum absolute atomic E-state index is 0.0386. The van der Waals surface area contributed by atoms with Crippen LogP contribution in [-0.4, -0.2) is 34.5 Å². The van der Waals surface area contributed by atoms with E-state index in [0.29, 0.717) is 25.8 Å². The molecule has 2 heterocycles. The molecule has 92 valence electrons. The van der Waals surface area contributed by atoms with Gasteiger partial charge in [-0.2, -0.15) is 0 Å². The van der Waals surface area contributed by atoms with Crippen molar-refractivity contribution in [3.8, 4) is 0 Å². The average Bonchev–Trinajstić information content (AvgIpc) is 2.96. The van der Waals surface area contributed by atoms with Gasteiger partial charge >= 0.3 is 5.97 Å². The second-order valence-electron chi connectivity index (χ2n) is 4.16. The van der Waals surface area contributed by atoms with E-state index in [1.807, 2.05) is 17.5 Å². The molecular formula is C12H15NO3S. The summed E-state index contributed by atoms with van der Waals surface area (Å²) in [6, 6.07) is 3.35. The van der Waals surface area contributed by atoms with Gasteiger partial charge in [0, 0.05) is 17.8 Å². The average molecular weight is 253 g/mol. The Kier molecular flexibility index (Phi) is 3.78. The molecule has 1 fully saturated rings. The van der Waals surface area contributed by atoms with E-state index >= 15 is 0 Å². The van der Waals surface area contributed by atoms with Gasteiger partial charge in [-0.15, -0.1) is 11.3 Å². The fourth-order valence-corrected chi connectivity index (χ4v) is 2.86. The molecule has 0 bridgehead atoms. The van der Waals surface area contributed by atoms with Crippen molar-refractivity contribution in [3.63, 3.8) is 0 Å². The molecule has 2 rings (SSSR count). The van der Waals surface area contributed by atoms with Crippen LogP contribution in [0.2, 0.25) is 0 Å². The monoisotopic (exact) mass is 253 g/mol. The van der Waals surface area contributed by atoms with Crippen LogP contribution in [0.5, 0.6) is 0 Å². The van der Waals surface area contributed by atoms with Crippen molar-refractivity contribution in [2.24, 2.45) is 0 Å². The summed E-state index contributed by atoms with van der Waals surface area (Å²) in [7, 11) is 0. The third-order valence-electron chi connectivity index (χ3n) is 3.02. The maximum Gasteiger partial charge on any atom is 0.326 e. The van der Waals surface area contributed by atoms with Gasteiger partial charge in [0.1, 0.15) is 6.04 Å². The Bertz CT molecular complexity index is 402. The molecule has 4 nitrogen and oxygen atoms in total. The lowest BCUT2D eigenvalue weighted by Gasteiger charge is -2.21. The second-order valence-corrected chi connectivity index (χ2v) is 5.20. The molecule has 1 aromatic rings. The topological polar surface area (TPSA) is 57.6 Å². The Hall–Kier alpha value is -1.36. The number of carbonyl (C=O) groups is 2. The van der Waals surface area contributed by atoms with E-state index < -0.39 is 12.0 Å². The summed E-state index contributed by atoms with van der Waals surface area (Å²) in [5.74, 6) is -0.921. The summed E-state index contributed by atoms with van der Waals surface area (Å²) in [5.41, 5.74) is 0. The van der Waals surface area contributed by atoms with E-state index in [0.717, 1.165) is 6.42 Å². The highest BCUT2D eigenvalue weighted by atomic mass is 32.1. The van der Waals surface area contributed by atoms with Gasteiger partial charge in [0.2, 0.25) is 5.91 Å². The van der Waals surface area contributed by atoms with E-state index in [4.69, 9.17) is 5.11 Å². The summed E-state index contributed by atoms with van der Waals surface area (Å²) < 4.78 is 0. The first-order valence-electron chi connectivity index (χ1n) is 5.73. The van der Waals surface area contributed by atoms with Gasteiger partial charge in [-0.25, -0.2) is 4.79 Å². The van der Waals surface area contributed by atoms with Crippen LogP contribution in [0.25, 0.3) is 0 Å². The zero-order valence-corrected chi connectivity index (χ0v) is 10.3. The zero-order valence-electron chi connectivity index (χ0n) is 9.46. The summed E-state index contributed by atoms with van der Waals surface area (Å²) in [4.78, 5) is 25.6. The fraction of sp³-hybridized carbons (Fsp3) is 0.500. The van der Waals surface area contributed by atoms with Crippen molar-refractivity contribution >= 4 is 23.2 Å². The minimum atomic E-state index is -0.882.